The number of amides is 2. The van der Waals surface area contributed by atoms with Crippen molar-refractivity contribution in [1.82, 2.24) is 0 Å². The van der Waals surface area contributed by atoms with Crippen LogP contribution in [0.25, 0.3) is 0 Å². The first-order chi connectivity index (χ1) is 10.8. The van der Waals surface area contributed by atoms with Crippen molar-refractivity contribution in [2.24, 2.45) is 11.8 Å². The molecule has 0 spiro atoms. The molecule has 2 N–H and O–H groups in total. The number of carboxylic acid groups (broad SMARTS) is 1. The number of carbonyl (C=O) groups excluding carboxylic acids is 3. The number of aromatic carboxylic acids is 1. The van der Waals surface area contributed by atoms with Crippen LogP contribution in [0.15, 0.2) is 18.2 Å². The second kappa shape index (κ2) is 8.31. The maximum Gasteiger partial charge on any atom is 0.227 e. The van der Waals surface area contributed by atoms with Gasteiger partial charge in [0.2, 0.25) is 11.8 Å². The zero-order chi connectivity index (χ0) is 17.6. The van der Waals surface area contributed by atoms with Crippen molar-refractivity contribution in [1.29, 1.82) is 0 Å². The van der Waals surface area contributed by atoms with E-state index in [0.29, 0.717) is 24.2 Å². The normalized spacial score (nSPS) is 13.0. The standard InChI is InChI=1S/C17H24N2O4/c1-5-10(3)15(20)18-13-7-12(17(22)23)8-14(9-13)19-16(21)11(4)6-2/h7-11H,5-6H2,1-4H3,(H,18,20)(H,19,21)(H,22,23)/p-1/t10-,11-/m0/s1. The Morgan fingerprint density at radius 2 is 1.30 bits per heavy atom. The Labute approximate surface area is 136 Å². The highest BCUT2D eigenvalue weighted by Crippen LogP contribution is 2.21. The molecule has 1 aromatic rings. The lowest BCUT2D eigenvalue weighted by molar-refractivity contribution is -0.255. The van der Waals surface area contributed by atoms with Gasteiger partial charge >= 0.3 is 0 Å². The highest BCUT2D eigenvalue weighted by atomic mass is 16.4. The molecule has 0 aliphatic heterocycles. The molecule has 0 radical (unpaired) electrons. The Balaban J connectivity index is 3.05. The van der Waals surface area contributed by atoms with Crippen LogP contribution in [0, 0.1) is 11.8 Å². The van der Waals surface area contributed by atoms with Gasteiger partial charge in [-0.05, 0) is 31.0 Å². The van der Waals surface area contributed by atoms with Gasteiger partial charge in [0.15, 0.2) is 0 Å². The summed E-state index contributed by atoms with van der Waals surface area (Å²) in [4.78, 5) is 35.0. The summed E-state index contributed by atoms with van der Waals surface area (Å²) in [5.74, 6) is -2.17. The van der Waals surface area contributed by atoms with Crippen LogP contribution in [-0.4, -0.2) is 17.8 Å². The molecule has 0 unspecified atom stereocenters. The van der Waals surface area contributed by atoms with Gasteiger partial charge in [-0.3, -0.25) is 9.59 Å². The van der Waals surface area contributed by atoms with Crippen LogP contribution in [-0.2, 0) is 9.59 Å². The smallest absolute Gasteiger partial charge is 0.227 e. The maximum atomic E-state index is 12.0. The van der Waals surface area contributed by atoms with E-state index in [1.807, 2.05) is 13.8 Å². The quantitative estimate of drug-likeness (QED) is 0.803. The summed E-state index contributed by atoms with van der Waals surface area (Å²) in [7, 11) is 0. The summed E-state index contributed by atoms with van der Waals surface area (Å²) in [5.41, 5.74) is 0.527. The van der Waals surface area contributed by atoms with E-state index in [4.69, 9.17) is 0 Å². The number of hydrogen-bond acceptors (Lipinski definition) is 4. The van der Waals surface area contributed by atoms with Crippen molar-refractivity contribution in [2.75, 3.05) is 10.6 Å². The molecule has 2 atom stereocenters. The molecule has 0 aliphatic carbocycles. The van der Waals surface area contributed by atoms with Crippen LogP contribution in [0.2, 0.25) is 0 Å². The number of nitrogens with one attached hydrogen (secondary N) is 2. The molecule has 126 valence electrons. The molecule has 0 heterocycles. The van der Waals surface area contributed by atoms with Gasteiger partial charge in [0.05, 0.1) is 5.97 Å². The van der Waals surface area contributed by atoms with Crippen molar-refractivity contribution < 1.29 is 19.5 Å². The summed E-state index contributed by atoms with van der Waals surface area (Å²) in [6, 6.07) is 4.16. The molecule has 1 aromatic carbocycles. The largest absolute Gasteiger partial charge is 0.545 e. The monoisotopic (exact) mass is 319 g/mol. The lowest BCUT2D eigenvalue weighted by Crippen LogP contribution is -2.25. The van der Waals surface area contributed by atoms with Crippen molar-refractivity contribution >= 4 is 29.2 Å². The molecule has 0 fully saturated rings. The van der Waals surface area contributed by atoms with Crippen LogP contribution in [0.5, 0.6) is 0 Å². The van der Waals surface area contributed by atoms with E-state index in [1.165, 1.54) is 18.2 Å². The van der Waals surface area contributed by atoms with Crippen molar-refractivity contribution in [3.63, 3.8) is 0 Å². The van der Waals surface area contributed by atoms with Gasteiger partial charge in [0.1, 0.15) is 0 Å². The molecule has 6 nitrogen and oxygen atoms in total. The van der Waals surface area contributed by atoms with E-state index in [-0.39, 0.29) is 29.2 Å². The Kier molecular flexibility index (Phi) is 6.75. The molecule has 23 heavy (non-hydrogen) atoms. The van der Waals surface area contributed by atoms with E-state index in [1.54, 1.807) is 13.8 Å². The second-order valence-corrected chi connectivity index (χ2v) is 5.68. The van der Waals surface area contributed by atoms with Crippen LogP contribution < -0.4 is 15.7 Å². The van der Waals surface area contributed by atoms with Crippen molar-refractivity contribution in [2.45, 2.75) is 40.5 Å². The summed E-state index contributed by atoms with van der Waals surface area (Å²) >= 11 is 0. The number of rotatable bonds is 7. The first-order valence-corrected chi connectivity index (χ1v) is 7.76. The maximum absolute atomic E-state index is 12.0. The lowest BCUT2D eigenvalue weighted by atomic mass is 10.1. The van der Waals surface area contributed by atoms with Crippen molar-refractivity contribution in [3.8, 4) is 0 Å². The third-order valence-corrected chi connectivity index (χ3v) is 3.82. The number of carboxylic acids is 1. The zero-order valence-corrected chi connectivity index (χ0v) is 13.9. The average Bonchev–Trinajstić information content (AvgIpc) is 2.52. The molecular formula is C17H23N2O4-. The fraction of sp³-hybridized carbons (Fsp3) is 0.471. The van der Waals surface area contributed by atoms with Gasteiger partial charge < -0.3 is 20.5 Å². The minimum Gasteiger partial charge on any atom is -0.545 e. The van der Waals surface area contributed by atoms with Gasteiger partial charge in [-0.25, -0.2) is 0 Å². The van der Waals surface area contributed by atoms with E-state index in [0.717, 1.165) is 0 Å². The third kappa shape index (κ3) is 5.39. The third-order valence-electron chi connectivity index (χ3n) is 3.82. The molecule has 1 rings (SSSR count). The highest BCUT2D eigenvalue weighted by Gasteiger charge is 2.14. The Bertz CT molecular complexity index is 556. The first-order valence-electron chi connectivity index (χ1n) is 7.76. The number of anilines is 2. The first kappa shape index (κ1) is 18.7. The van der Waals surface area contributed by atoms with Gasteiger partial charge in [-0.15, -0.1) is 0 Å². The van der Waals surface area contributed by atoms with Crippen molar-refractivity contribution in [3.05, 3.63) is 23.8 Å². The molecule has 0 aromatic heterocycles. The van der Waals surface area contributed by atoms with E-state index in [9.17, 15) is 19.5 Å². The number of hydrogen-bond donors (Lipinski definition) is 2. The zero-order valence-electron chi connectivity index (χ0n) is 13.9. The van der Waals surface area contributed by atoms with Crippen LogP contribution in [0.1, 0.15) is 50.9 Å². The van der Waals surface area contributed by atoms with Crippen LogP contribution in [0.4, 0.5) is 11.4 Å². The Hall–Kier alpha value is -2.37. The fourth-order valence-corrected chi connectivity index (χ4v) is 1.79. The second-order valence-electron chi connectivity index (χ2n) is 5.68. The highest BCUT2D eigenvalue weighted by molar-refractivity contribution is 5.98. The molecule has 2 amide bonds. The molecular weight excluding hydrogens is 296 g/mol. The molecule has 0 aliphatic rings. The van der Waals surface area contributed by atoms with Gasteiger partial charge in [0, 0.05) is 28.8 Å². The van der Waals surface area contributed by atoms with E-state index < -0.39 is 5.97 Å². The molecule has 6 heteroatoms. The lowest BCUT2D eigenvalue weighted by Gasteiger charge is -2.15. The minimum atomic E-state index is -1.37. The average molecular weight is 319 g/mol. The van der Waals surface area contributed by atoms with E-state index in [2.05, 4.69) is 10.6 Å². The predicted octanol–water partition coefficient (Wildman–Crippen LogP) is 2.02. The topological polar surface area (TPSA) is 98.3 Å². The Morgan fingerprint density at radius 1 is 0.913 bits per heavy atom. The predicted molar refractivity (Wildman–Crippen MR) is 86.9 cm³/mol. The summed E-state index contributed by atoms with van der Waals surface area (Å²) in [5, 5.41) is 16.4. The minimum absolute atomic E-state index is 0.105. The number of benzene rings is 1. The fourth-order valence-electron chi connectivity index (χ4n) is 1.79. The van der Waals surface area contributed by atoms with E-state index >= 15 is 0 Å². The molecule has 0 saturated heterocycles. The summed E-state index contributed by atoms with van der Waals surface area (Å²) < 4.78 is 0. The summed E-state index contributed by atoms with van der Waals surface area (Å²) in [6.07, 6.45) is 1.34. The van der Waals surface area contributed by atoms with Crippen LogP contribution >= 0.6 is 0 Å². The van der Waals surface area contributed by atoms with Gasteiger partial charge in [0.25, 0.3) is 0 Å². The van der Waals surface area contributed by atoms with Gasteiger partial charge in [-0.1, -0.05) is 27.7 Å². The number of carbonyl (C=O) groups is 3. The SMILES string of the molecule is CC[C@H](C)C(=O)Nc1cc(NC(=O)[C@@H](C)CC)cc(C(=O)[O-])c1. The molecule has 0 saturated carbocycles. The molecule has 0 bridgehead atoms. The Morgan fingerprint density at radius 3 is 1.61 bits per heavy atom. The summed E-state index contributed by atoms with van der Waals surface area (Å²) in [6.45, 7) is 7.34. The van der Waals surface area contributed by atoms with Crippen LogP contribution in [0.3, 0.4) is 0 Å². The van der Waals surface area contributed by atoms with Gasteiger partial charge in [-0.2, -0.15) is 0 Å².